The van der Waals surface area contributed by atoms with Gasteiger partial charge in [-0.05, 0) is 61.3 Å². The number of piperidine rings is 1. The SMILES string of the molecule is CN1C(=O)OC2(CCN(CC[C@@](C)(C(=O)N[C@H](Cc3ccccc3)C(=O)NCCN)c3ccc(Cl)c(Cl)c3)CC2)c2cc(F)ccc21. The van der Waals surface area contributed by atoms with Crippen molar-refractivity contribution >= 4 is 46.8 Å². The number of rotatable bonds is 11. The Hall–Kier alpha value is -3.70. The van der Waals surface area contributed by atoms with Gasteiger partial charge in [-0.25, -0.2) is 9.18 Å². The topological polar surface area (TPSA) is 117 Å². The van der Waals surface area contributed by atoms with Gasteiger partial charge in [0.25, 0.3) is 0 Å². The Morgan fingerprint density at radius 2 is 1.79 bits per heavy atom. The van der Waals surface area contributed by atoms with E-state index in [1.165, 1.54) is 17.0 Å². The van der Waals surface area contributed by atoms with Crippen LogP contribution in [0.15, 0.2) is 66.7 Å². The predicted molar refractivity (Wildman–Crippen MR) is 181 cm³/mol. The van der Waals surface area contributed by atoms with E-state index in [-0.39, 0.29) is 30.7 Å². The molecule has 3 aromatic rings. The summed E-state index contributed by atoms with van der Waals surface area (Å²) in [5.74, 6) is -1.04. The van der Waals surface area contributed by atoms with E-state index in [0.29, 0.717) is 72.2 Å². The van der Waals surface area contributed by atoms with E-state index in [9.17, 15) is 18.8 Å². The minimum absolute atomic E-state index is 0.270. The molecule has 1 saturated heterocycles. The predicted octanol–water partition coefficient (Wildman–Crippen LogP) is 5.16. The third-order valence-electron chi connectivity index (χ3n) is 9.37. The number of nitrogens with zero attached hydrogens (tertiary/aromatic N) is 2. The third-order valence-corrected chi connectivity index (χ3v) is 10.1. The van der Waals surface area contributed by atoms with Gasteiger partial charge in [-0.2, -0.15) is 0 Å². The molecule has 0 aromatic heterocycles. The lowest BCUT2D eigenvalue weighted by Crippen LogP contribution is -2.55. The molecule has 4 N–H and O–H groups in total. The van der Waals surface area contributed by atoms with Crippen molar-refractivity contribution in [3.05, 3.63) is 99.3 Å². The van der Waals surface area contributed by atoms with E-state index < -0.39 is 23.2 Å². The highest BCUT2D eigenvalue weighted by atomic mass is 35.5. The van der Waals surface area contributed by atoms with Gasteiger partial charge in [-0.15, -0.1) is 0 Å². The molecule has 250 valence electrons. The second kappa shape index (κ2) is 14.6. The molecule has 0 radical (unpaired) electrons. The monoisotopic (exact) mass is 683 g/mol. The van der Waals surface area contributed by atoms with E-state index in [4.69, 9.17) is 33.7 Å². The number of fused-ring (bicyclic) bond motifs is 2. The minimum Gasteiger partial charge on any atom is -0.437 e. The van der Waals surface area contributed by atoms with Crippen molar-refractivity contribution in [3.8, 4) is 0 Å². The van der Waals surface area contributed by atoms with Crippen LogP contribution in [-0.4, -0.2) is 68.6 Å². The van der Waals surface area contributed by atoms with E-state index in [0.717, 1.165) is 5.56 Å². The summed E-state index contributed by atoms with van der Waals surface area (Å²) in [4.78, 5) is 43.8. The van der Waals surface area contributed by atoms with Crippen LogP contribution < -0.4 is 21.3 Å². The summed E-state index contributed by atoms with van der Waals surface area (Å²) in [6.45, 7) is 4.03. The number of benzene rings is 3. The maximum Gasteiger partial charge on any atom is 0.414 e. The number of likely N-dealkylation sites (tertiary alicyclic amines) is 1. The maximum absolute atomic E-state index is 14.3. The summed E-state index contributed by atoms with van der Waals surface area (Å²) in [5.41, 5.74) is 6.47. The average molecular weight is 685 g/mol. The first kappa shape index (κ1) is 34.6. The first-order valence-electron chi connectivity index (χ1n) is 15.7. The molecule has 0 aliphatic carbocycles. The van der Waals surface area contributed by atoms with Crippen LogP contribution in [0.3, 0.4) is 0 Å². The number of nitrogens with two attached hydrogens (primary N) is 1. The molecule has 0 saturated carbocycles. The second-order valence-electron chi connectivity index (χ2n) is 12.4. The summed E-state index contributed by atoms with van der Waals surface area (Å²) in [5, 5.41) is 6.52. The fourth-order valence-corrected chi connectivity index (χ4v) is 6.67. The second-order valence-corrected chi connectivity index (χ2v) is 13.2. The standard InChI is InChI=1S/C35H40Cl2FN5O4/c1-34(24-8-10-27(36)28(37)21-24,32(45)41-29(31(44)40-16-15-39)20-23-6-4-3-5-7-23)12-17-43-18-13-35(14-19-43)26-22-25(38)9-11-30(26)42(2)33(46)47-35/h3-11,21-22,29H,12-20,39H2,1-2H3,(H,40,44)(H,41,45)/t29-,34-/m1/s1. The van der Waals surface area contributed by atoms with Crippen molar-refractivity contribution in [2.24, 2.45) is 5.73 Å². The largest absolute Gasteiger partial charge is 0.437 e. The van der Waals surface area contributed by atoms with Gasteiger partial charge in [0.1, 0.15) is 17.5 Å². The van der Waals surface area contributed by atoms with Crippen molar-refractivity contribution < 1.29 is 23.5 Å². The molecule has 2 aliphatic rings. The molecule has 3 aromatic carbocycles. The zero-order valence-corrected chi connectivity index (χ0v) is 28.0. The molecule has 0 unspecified atom stereocenters. The van der Waals surface area contributed by atoms with Gasteiger partial charge in [0.2, 0.25) is 11.8 Å². The zero-order chi connectivity index (χ0) is 33.8. The van der Waals surface area contributed by atoms with Crippen LogP contribution in [0, 0.1) is 5.82 Å². The molecule has 0 bridgehead atoms. The lowest BCUT2D eigenvalue weighted by molar-refractivity contribution is -0.132. The number of amides is 3. The lowest BCUT2D eigenvalue weighted by atomic mass is 9.77. The Morgan fingerprint density at radius 1 is 1.06 bits per heavy atom. The van der Waals surface area contributed by atoms with Crippen molar-refractivity contribution in [2.45, 2.75) is 49.7 Å². The van der Waals surface area contributed by atoms with Crippen molar-refractivity contribution in [3.63, 3.8) is 0 Å². The number of hydrogen-bond donors (Lipinski definition) is 3. The van der Waals surface area contributed by atoms with Crippen LogP contribution in [0.2, 0.25) is 10.0 Å². The number of carbonyl (C=O) groups excluding carboxylic acids is 3. The van der Waals surface area contributed by atoms with Gasteiger partial charge >= 0.3 is 6.09 Å². The highest BCUT2D eigenvalue weighted by Gasteiger charge is 2.47. The quantitative estimate of drug-likeness (QED) is 0.257. The minimum atomic E-state index is -1.10. The number of nitrogens with one attached hydrogen (secondary N) is 2. The molecule has 3 amide bonds. The molecule has 2 aliphatic heterocycles. The van der Waals surface area contributed by atoms with Gasteiger partial charge in [0.15, 0.2) is 0 Å². The van der Waals surface area contributed by atoms with Gasteiger partial charge in [0, 0.05) is 58.1 Å². The molecule has 47 heavy (non-hydrogen) atoms. The number of halogens is 3. The molecule has 1 fully saturated rings. The maximum atomic E-state index is 14.3. The number of ether oxygens (including phenoxy) is 1. The van der Waals surface area contributed by atoms with Gasteiger partial charge in [-0.1, -0.05) is 59.6 Å². The van der Waals surface area contributed by atoms with Crippen molar-refractivity contribution in [2.75, 3.05) is 44.7 Å². The molecule has 5 rings (SSSR count). The van der Waals surface area contributed by atoms with Crippen molar-refractivity contribution in [1.82, 2.24) is 15.5 Å². The van der Waals surface area contributed by atoms with Crippen molar-refractivity contribution in [1.29, 1.82) is 0 Å². The van der Waals surface area contributed by atoms with Crippen LogP contribution in [0.1, 0.15) is 42.9 Å². The van der Waals surface area contributed by atoms with E-state index in [1.54, 1.807) is 31.3 Å². The highest BCUT2D eigenvalue weighted by Crippen LogP contribution is 2.45. The fraction of sp³-hybridized carbons (Fsp3) is 0.400. The van der Waals surface area contributed by atoms with Crippen LogP contribution >= 0.6 is 23.2 Å². The van der Waals surface area contributed by atoms with E-state index >= 15 is 0 Å². The summed E-state index contributed by atoms with van der Waals surface area (Å²) in [7, 11) is 1.61. The Kier molecular flexibility index (Phi) is 10.8. The van der Waals surface area contributed by atoms with Crippen LogP contribution in [0.4, 0.5) is 14.9 Å². The zero-order valence-electron chi connectivity index (χ0n) is 26.5. The van der Waals surface area contributed by atoms with Gasteiger partial charge < -0.3 is 26.0 Å². The summed E-state index contributed by atoms with van der Waals surface area (Å²) < 4.78 is 20.3. The van der Waals surface area contributed by atoms with Gasteiger partial charge in [-0.3, -0.25) is 14.5 Å². The molecule has 2 heterocycles. The Balaban J connectivity index is 1.35. The third kappa shape index (κ3) is 7.56. The summed E-state index contributed by atoms with van der Waals surface area (Å²) in [6.07, 6.45) is 1.16. The smallest absolute Gasteiger partial charge is 0.414 e. The average Bonchev–Trinajstić information content (AvgIpc) is 3.07. The number of carbonyl (C=O) groups is 3. The summed E-state index contributed by atoms with van der Waals surface area (Å²) in [6, 6.07) is 18.2. The normalized spacial score (nSPS) is 17.7. The molecule has 9 nitrogen and oxygen atoms in total. The Labute approximate surface area is 284 Å². The molecular weight excluding hydrogens is 644 g/mol. The van der Waals surface area contributed by atoms with E-state index in [2.05, 4.69) is 15.5 Å². The highest BCUT2D eigenvalue weighted by molar-refractivity contribution is 6.42. The molecule has 12 heteroatoms. The number of anilines is 1. The van der Waals surface area contributed by atoms with E-state index in [1.807, 2.05) is 37.3 Å². The lowest BCUT2D eigenvalue weighted by Gasteiger charge is -2.46. The molecule has 1 spiro atoms. The first-order valence-corrected chi connectivity index (χ1v) is 16.5. The molecular formula is C35H40Cl2FN5O4. The van der Waals surface area contributed by atoms with Crippen LogP contribution in [-0.2, 0) is 31.8 Å². The Bertz CT molecular complexity index is 1620. The van der Waals surface area contributed by atoms with Crippen LogP contribution in [0.25, 0.3) is 0 Å². The first-order chi connectivity index (χ1) is 22.5. The summed E-state index contributed by atoms with van der Waals surface area (Å²) >= 11 is 12.7. The Morgan fingerprint density at radius 3 is 2.47 bits per heavy atom. The fourth-order valence-electron chi connectivity index (χ4n) is 6.37. The van der Waals surface area contributed by atoms with Gasteiger partial charge in [0.05, 0.1) is 21.1 Å². The molecule has 2 atom stereocenters. The van der Waals surface area contributed by atoms with Crippen LogP contribution in [0.5, 0.6) is 0 Å². The number of hydrogen-bond acceptors (Lipinski definition) is 6.